The molecule has 0 saturated carbocycles. The predicted molar refractivity (Wildman–Crippen MR) is 79.2 cm³/mol. The van der Waals surface area contributed by atoms with Crippen molar-refractivity contribution in [2.24, 2.45) is 7.05 Å². The number of nitrogens with zero attached hydrogens (tertiary/aromatic N) is 5. The lowest BCUT2D eigenvalue weighted by molar-refractivity contribution is 0.0401. The lowest BCUT2D eigenvalue weighted by Crippen LogP contribution is -2.42. The highest BCUT2D eigenvalue weighted by Crippen LogP contribution is 2.30. The molecule has 0 bridgehead atoms. The molecule has 7 nitrogen and oxygen atoms in total. The number of hydrogen-bond acceptors (Lipinski definition) is 5. The minimum Gasteiger partial charge on any atom is -0.379 e. The molecule has 3 heterocycles. The van der Waals surface area contributed by atoms with Gasteiger partial charge in [0.05, 0.1) is 48.3 Å². The van der Waals surface area contributed by atoms with Crippen LogP contribution in [0, 0.1) is 0 Å². The molecule has 1 amide bonds. The molecule has 0 spiro atoms. The zero-order valence-electron chi connectivity index (χ0n) is 12.8. The van der Waals surface area contributed by atoms with Crippen LogP contribution in [-0.2, 0) is 18.2 Å². The van der Waals surface area contributed by atoms with Crippen LogP contribution in [0.15, 0.2) is 24.8 Å². The van der Waals surface area contributed by atoms with Gasteiger partial charge in [-0.25, -0.2) is 4.98 Å². The summed E-state index contributed by atoms with van der Waals surface area (Å²) in [6.45, 7) is 3.66. The Morgan fingerprint density at radius 1 is 1.45 bits per heavy atom. The first-order valence-electron chi connectivity index (χ1n) is 7.37. The van der Waals surface area contributed by atoms with E-state index in [1.165, 1.54) is 12.4 Å². The Kier molecular flexibility index (Phi) is 4.15. The molecule has 0 radical (unpaired) electrons. The number of imidazole rings is 1. The summed E-state index contributed by atoms with van der Waals surface area (Å²) in [5, 5.41) is 7.52. The molecule has 1 unspecified atom stereocenters. The van der Waals surface area contributed by atoms with E-state index >= 15 is 0 Å². The van der Waals surface area contributed by atoms with Gasteiger partial charge in [-0.15, -0.1) is 0 Å². The van der Waals surface area contributed by atoms with Crippen LogP contribution in [-0.4, -0.2) is 50.3 Å². The molecule has 0 fully saturated rings. The Hall–Kier alpha value is -2.28. The summed E-state index contributed by atoms with van der Waals surface area (Å²) < 4.78 is 7.58. The van der Waals surface area contributed by atoms with Gasteiger partial charge in [0.2, 0.25) is 0 Å². The summed E-state index contributed by atoms with van der Waals surface area (Å²) in [5.74, 6) is -0.0496. The maximum atomic E-state index is 12.8. The highest BCUT2D eigenvalue weighted by atomic mass is 16.5. The topological polar surface area (TPSA) is 73.1 Å². The van der Waals surface area contributed by atoms with E-state index in [1.807, 2.05) is 23.4 Å². The van der Waals surface area contributed by atoms with Gasteiger partial charge in [-0.3, -0.25) is 4.79 Å². The lowest BCUT2D eigenvalue weighted by Gasteiger charge is -2.35. The van der Waals surface area contributed by atoms with Crippen molar-refractivity contribution in [2.45, 2.75) is 19.4 Å². The van der Waals surface area contributed by atoms with Crippen LogP contribution < -0.4 is 0 Å². The second kappa shape index (κ2) is 6.23. The lowest BCUT2D eigenvalue weighted by atomic mass is 10.0. The van der Waals surface area contributed by atoms with Crippen molar-refractivity contribution in [2.75, 3.05) is 19.8 Å². The summed E-state index contributed by atoms with van der Waals surface area (Å²) in [6.07, 6.45) is 5.58. The average Bonchev–Trinajstić information content (AvgIpc) is 2.94. The molecule has 1 atom stereocenters. The SMILES string of the molecule is CCOCC1c2c(ncn2C)CCN1C(=O)c1ccnnc1. The van der Waals surface area contributed by atoms with Crippen molar-refractivity contribution in [1.82, 2.24) is 24.6 Å². The second-order valence-electron chi connectivity index (χ2n) is 5.24. The van der Waals surface area contributed by atoms with Crippen molar-refractivity contribution >= 4 is 5.91 Å². The van der Waals surface area contributed by atoms with Crippen LogP contribution in [0.5, 0.6) is 0 Å². The number of carbonyl (C=O) groups is 1. The summed E-state index contributed by atoms with van der Waals surface area (Å²) in [6, 6.07) is 1.56. The quantitative estimate of drug-likeness (QED) is 0.842. The molecule has 2 aromatic heterocycles. The van der Waals surface area contributed by atoms with E-state index in [0.29, 0.717) is 25.3 Å². The zero-order valence-corrected chi connectivity index (χ0v) is 12.8. The third kappa shape index (κ3) is 2.59. The molecule has 0 aliphatic carbocycles. The Morgan fingerprint density at radius 3 is 3.05 bits per heavy atom. The van der Waals surface area contributed by atoms with Crippen molar-refractivity contribution in [3.05, 3.63) is 41.7 Å². The Balaban J connectivity index is 1.93. The van der Waals surface area contributed by atoms with Gasteiger partial charge in [-0.1, -0.05) is 0 Å². The van der Waals surface area contributed by atoms with Crippen LogP contribution in [0.2, 0.25) is 0 Å². The Bertz CT molecular complexity index is 655. The van der Waals surface area contributed by atoms with Gasteiger partial charge in [0, 0.05) is 26.6 Å². The first-order valence-corrected chi connectivity index (χ1v) is 7.37. The molecule has 2 aromatic rings. The van der Waals surface area contributed by atoms with E-state index in [2.05, 4.69) is 15.2 Å². The maximum absolute atomic E-state index is 12.8. The second-order valence-corrected chi connectivity index (χ2v) is 5.24. The number of rotatable bonds is 4. The minimum atomic E-state index is -0.128. The van der Waals surface area contributed by atoms with E-state index in [0.717, 1.165) is 17.8 Å². The van der Waals surface area contributed by atoms with E-state index in [4.69, 9.17) is 4.74 Å². The molecule has 0 N–H and O–H groups in total. The number of aryl methyl sites for hydroxylation is 1. The van der Waals surface area contributed by atoms with Gasteiger partial charge in [0.25, 0.3) is 5.91 Å². The first kappa shape index (κ1) is 14.6. The van der Waals surface area contributed by atoms with Crippen LogP contribution in [0.25, 0.3) is 0 Å². The van der Waals surface area contributed by atoms with Crippen molar-refractivity contribution in [3.8, 4) is 0 Å². The third-order valence-corrected chi connectivity index (χ3v) is 3.92. The number of fused-ring (bicyclic) bond motifs is 1. The molecule has 22 heavy (non-hydrogen) atoms. The normalized spacial score (nSPS) is 17.4. The molecule has 3 rings (SSSR count). The molecule has 7 heteroatoms. The molecule has 1 aliphatic heterocycles. The molecular formula is C15H19N5O2. The summed E-state index contributed by atoms with van der Waals surface area (Å²) in [7, 11) is 1.95. The number of aromatic nitrogens is 4. The molecule has 0 saturated heterocycles. The predicted octanol–water partition coefficient (Wildman–Crippen LogP) is 0.986. The highest BCUT2D eigenvalue weighted by molar-refractivity contribution is 5.94. The largest absolute Gasteiger partial charge is 0.379 e. The number of carbonyl (C=O) groups excluding carboxylic acids is 1. The number of hydrogen-bond donors (Lipinski definition) is 0. The fourth-order valence-corrected chi connectivity index (χ4v) is 2.86. The van der Waals surface area contributed by atoms with Crippen LogP contribution in [0.3, 0.4) is 0 Å². The molecule has 116 valence electrons. The van der Waals surface area contributed by atoms with Crippen molar-refractivity contribution in [3.63, 3.8) is 0 Å². The maximum Gasteiger partial charge on any atom is 0.256 e. The fraction of sp³-hybridized carbons (Fsp3) is 0.467. The summed E-state index contributed by atoms with van der Waals surface area (Å²) >= 11 is 0. The van der Waals surface area contributed by atoms with Gasteiger partial charge < -0.3 is 14.2 Å². The van der Waals surface area contributed by atoms with Crippen LogP contribution >= 0.6 is 0 Å². The monoisotopic (exact) mass is 301 g/mol. The van der Waals surface area contributed by atoms with Crippen molar-refractivity contribution < 1.29 is 9.53 Å². The number of amides is 1. The van der Waals surface area contributed by atoms with E-state index in [1.54, 1.807) is 12.4 Å². The van der Waals surface area contributed by atoms with Crippen LogP contribution in [0.1, 0.15) is 34.7 Å². The van der Waals surface area contributed by atoms with Gasteiger partial charge in [0.15, 0.2) is 0 Å². The summed E-state index contributed by atoms with van der Waals surface area (Å²) in [5.41, 5.74) is 2.64. The summed E-state index contributed by atoms with van der Waals surface area (Å²) in [4.78, 5) is 19.1. The molecule has 1 aliphatic rings. The smallest absolute Gasteiger partial charge is 0.256 e. The number of ether oxygens (including phenoxy) is 1. The van der Waals surface area contributed by atoms with Gasteiger partial charge in [-0.05, 0) is 13.0 Å². The standard InChI is InChI=1S/C15H19N5O2/c1-3-22-9-13-14-12(16-10-19(14)2)5-7-20(13)15(21)11-4-6-17-18-8-11/h4,6,8,10,13H,3,5,7,9H2,1-2H3. The van der Waals surface area contributed by atoms with E-state index in [-0.39, 0.29) is 11.9 Å². The Morgan fingerprint density at radius 2 is 2.32 bits per heavy atom. The first-order chi connectivity index (χ1) is 10.7. The van der Waals surface area contributed by atoms with Gasteiger partial charge in [-0.2, -0.15) is 10.2 Å². The highest BCUT2D eigenvalue weighted by Gasteiger charge is 2.34. The fourth-order valence-electron chi connectivity index (χ4n) is 2.86. The molecule has 0 aromatic carbocycles. The zero-order chi connectivity index (χ0) is 15.5. The van der Waals surface area contributed by atoms with E-state index in [9.17, 15) is 4.79 Å². The van der Waals surface area contributed by atoms with E-state index < -0.39 is 0 Å². The molecular weight excluding hydrogens is 282 g/mol. The average molecular weight is 301 g/mol. The van der Waals surface area contributed by atoms with Crippen LogP contribution in [0.4, 0.5) is 0 Å². The van der Waals surface area contributed by atoms with Crippen molar-refractivity contribution in [1.29, 1.82) is 0 Å². The minimum absolute atomic E-state index is 0.0496. The third-order valence-electron chi connectivity index (χ3n) is 3.92. The Labute approximate surface area is 128 Å². The van der Waals surface area contributed by atoms with Gasteiger partial charge in [0.1, 0.15) is 0 Å². The van der Waals surface area contributed by atoms with Gasteiger partial charge >= 0.3 is 0 Å².